The Morgan fingerprint density at radius 1 is 0.893 bits per heavy atom. The van der Waals surface area contributed by atoms with E-state index in [9.17, 15) is 14.0 Å². The molecule has 2 aliphatic heterocycles. The van der Waals surface area contributed by atoms with Crippen molar-refractivity contribution >= 4 is 17.4 Å². The summed E-state index contributed by atoms with van der Waals surface area (Å²) in [7, 11) is 0. The molecule has 2 aliphatic rings. The van der Waals surface area contributed by atoms with Crippen LogP contribution >= 0.6 is 0 Å². The van der Waals surface area contributed by atoms with Crippen molar-refractivity contribution in [3.63, 3.8) is 0 Å². The molecule has 2 aromatic carbocycles. The van der Waals surface area contributed by atoms with Gasteiger partial charge in [0.15, 0.2) is 0 Å². The third kappa shape index (κ3) is 3.84. The Labute approximate surface area is 164 Å². The van der Waals surface area contributed by atoms with E-state index in [1.807, 2.05) is 31.2 Å². The summed E-state index contributed by atoms with van der Waals surface area (Å²) in [6.45, 7) is 7.71. The highest BCUT2D eigenvalue weighted by Gasteiger charge is 2.35. The summed E-state index contributed by atoms with van der Waals surface area (Å²) < 4.78 is 13.0. The third-order valence-corrected chi connectivity index (χ3v) is 5.55. The number of anilines is 1. The van der Waals surface area contributed by atoms with Crippen molar-refractivity contribution in [2.24, 2.45) is 0 Å². The number of amides is 1. The van der Waals surface area contributed by atoms with E-state index in [2.05, 4.69) is 9.80 Å². The smallest absolute Gasteiger partial charge is 0.299 e. The number of nitrogens with zero attached hydrogens (tertiary/aromatic N) is 3. The van der Waals surface area contributed by atoms with Crippen molar-refractivity contribution in [2.75, 3.05) is 44.2 Å². The Bertz CT molecular complexity index is 889. The van der Waals surface area contributed by atoms with Crippen LogP contribution in [0.25, 0.3) is 0 Å². The molecule has 0 aliphatic carbocycles. The number of carbonyl (C=O) groups excluding carboxylic acids is 2. The molecule has 4 rings (SSSR count). The quantitative estimate of drug-likeness (QED) is 0.747. The lowest BCUT2D eigenvalue weighted by atomic mass is 10.1. The number of hydrogen-bond acceptors (Lipinski definition) is 4. The second-order valence-electron chi connectivity index (χ2n) is 7.55. The lowest BCUT2D eigenvalue weighted by Crippen LogP contribution is -2.48. The van der Waals surface area contributed by atoms with E-state index >= 15 is 0 Å². The van der Waals surface area contributed by atoms with Gasteiger partial charge in [0.2, 0.25) is 0 Å². The van der Waals surface area contributed by atoms with Gasteiger partial charge < -0.3 is 4.90 Å². The first kappa shape index (κ1) is 18.8. The van der Waals surface area contributed by atoms with Crippen molar-refractivity contribution in [3.05, 3.63) is 65.0 Å². The number of fused-ring (bicyclic) bond motifs is 1. The van der Waals surface area contributed by atoms with E-state index in [1.165, 1.54) is 12.1 Å². The lowest BCUT2D eigenvalue weighted by molar-refractivity contribution is -0.114. The van der Waals surface area contributed by atoms with Crippen LogP contribution in [0.2, 0.25) is 0 Å². The highest BCUT2D eigenvalue weighted by Crippen LogP contribution is 2.29. The summed E-state index contributed by atoms with van der Waals surface area (Å²) >= 11 is 0. The predicted molar refractivity (Wildman–Crippen MR) is 106 cm³/mol. The van der Waals surface area contributed by atoms with E-state index in [4.69, 9.17) is 0 Å². The van der Waals surface area contributed by atoms with Crippen LogP contribution in [0.1, 0.15) is 21.5 Å². The maximum absolute atomic E-state index is 13.0. The van der Waals surface area contributed by atoms with Crippen LogP contribution in [0.15, 0.2) is 42.5 Å². The Kier molecular flexibility index (Phi) is 5.24. The fourth-order valence-corrected chi connectivity index (χ4v) is 3.90. The van der Waals surface area contributed by atoms with Gasteiger partial charge in [-0.25, -0.2) is 4.39 Å². The molecule has 2 aromatic rings. The van der Waals surface area contributed by atoms with E-state index in [0.717, 1.165) is 56.1 Å². The zero-order valence-electron chi connectivity index (χ0n) is 16.0. The molecule has 146 valence electrons. The minimum atomic E-state index is -0.421. The van der Waals surface area contributed by atoms with E-state index in [1.54, 1.807) is 11.0 Å². The number of hydrogen-bond donors (Lipinski definition) is 0. The van der Waals surface area contributed by atoms with E-state index < -0.39 is 11.7 Å². The van der Waals surface area contributed by atoms with Crippen LogP contribution in [-0.4, -0.2) is 60.8 Å². The molecule has 0 radical (unpaired) electrons. The number of halogens is 1. The summed E-state index contributed by atoms with van der Waals surface area (Å²) in [6.07, 6.45) is 0. The molecule has 0 spiro atoms. The maximum Gasteiger partial charge on any atom is 0.299 e. The van der Waals surface area contributed by atoms with Crippen LogP contribution in [0.3, 0.4) is 0 Å². The summed E-state index contributed by atoms with van der Waals surface area (Å²) in [5.74, 6) is -1.03. The molecule has 0 atom stereocenters. The highest BCUT2D eigenvalue weighted by molar-refractivity contribution is 6.52. The van der Waals surface area contributed by atoms with Gasteiger partial charge in [0.05, 0.1) is 11.3 Å². The molecule has 2 heterocycles. The monoisotopic (exact) mass is 381 g/mol. The molecule has 0 aromatic heterocycles. The van der Waals surface area contributed by atoms with Gasteiger partial charge in [-0.2, -0.15) is 0 Å². The minimum Gasteiger partial charge on any atom is -0.303 e. The standard InChI is InChI=1S/C22H24FN3O2/c1-16-2-7-20-19(14-16)21(27)22(28)26(20)13-12-24-8-10-25(11-9-24)15-17-3-5-18(23)6-4-17/h2-7,14H,8-13,15H2,1H3. The van der Waals surface area contributed by atoms with Crippen molar-refractivity contribution in [2.45, 2.75) is 13.5 Å². The summed E-state index contributed by atoms with van der Waals surface area (Å²) in [5.41, 5.74) is 3.35. The lowest BCUT2D eigenvalue weighted by Gasteiger charge is -2.35. The summed E-state index contributed by atoms with van der Waals surface area (Å²) in [4.78, 5) is 30.9. The topological polar surface area (TPSA) is 43.9 Å². The van der Waals surface area contributed by atoms with E-state index in [-0.39, 0.29) is 5.82 Å². The number of benzene rings is 2. The number of aryl methyl sites for hydroxylation is 1. The van der Waals surface area contributed by atoms with Crippen molar-refractivity contribution in [1.82, 2.24) is 9.80 Å². The molecule has 5 nitrogen and oxygen atoms in total. The van der Waals surface area contributed by atoms with Gasteiger partial charge >= 0.3 is 0 Å². The summed E-state index contributed by atoms with van der Waals surface area (Å²) in [5, 5.41) is 0. The average molecular weight is 381 g/mol. The SMILES string of the molecule is Cc1ccc2c(c1)C(=O)C(=O)N2CCN1CCN(Cc2ccc(F)cc2)CC1. The third-order valence-electron chi connectivity index (χ3n) is 5.55. The minimum absolute atomic E-state index is 0.208. The molecule has 6 heteroatoms. The fraction of sp³-hybridized carbons (Fsp3) is 0.364. The van der Waals surface area contributed by atoms with Gasteiger partial charge in [0.1, 0.15) is 5.82 Å². The predicted octanol–water partition coefficient (Wildman–Crippen LogP) is 2.48. The Morgan fingerprint density at radius 3 is 2.29 bits per heavy atom. The average Bonchev–Trinajstić information content (AvgIpc) is 2.93. The Balaban J connectivity index is 1.29. The number of carbonyl (C=O) groups is 2. The molecular formula is C22H24FN3O2. The largest absolute Gasteiger partial charge is 0.303 e. The molecule has 1 saturated heterocycles. The van der Waals surface area contributed by atoms with Crippen LogP contribution in [-0.2, 0) is 11.3 Å². The maximum atomic E-state index is 13.0. The fourth-order valence-electron chi connectivity index (χ4n) is 3.90. The van der Waals surface area contributed by atoms with Crippen LogP contribution in [0.4, 0.5) is 10.1 Å². The van der Waals surface area contributed by atoms with Gasteiger partial charge in [0, 0.05) is 45.8 Å². The second-order valence-corrected chi connectivity index (χ2v) is 7.55. The molecule has 1 amide bonds. The second kappa shape index (κ2) is 7.81. The van der Waals surface area contributed by atoms with E-state index in [0.29, 0.717) is 12.1 Å². The van der Waals surface area contributed by atoms with Crippen molar-refractivity contribution < 1.29 is 14.0 Å². The molecule has 1 fully saturated rings. The zero-order chi connectivity index (χ0) is 19.7. The zero-order valence-corrected chi connectivity index (χ0v) is 16.0. The Hall–Kier alpha value is -2.57. The molecule has 0 N–H and O–H groups in total. The Morgan fingerprint density at radius 2 is 1.57 bits per heavy atom. The normalized spacial score (nSPS) is 18.0. The molecular weight excluding hydrogens is 357 g/mol. The highest BCUT2D eigenvalue weighted by atomic mass is 19.1. The first-order valence-electron chi connectivity index (χ1n) is 9.67. The number of ketones is 1. The number of Topliss-reactive ketones (excluding diaryl/α,β-unsaturated/α-hetero) is 1. The van der Waals surface area contributed by atoms with Gasteiger partial charge in [-0.3, -0.25) is 19.4 Å². The van der Waals surface area contributed by atoms with Gasteiger partial charge in [-0.15, -0.1) is 0 Å². The number of piperazine rings is 1. The van der Waals surface area contributed by atoms with Gasteiger partial charge in [-0.1, -0.05) is 23.8 Å². The molecule has 0 saturated carbocycles. The van der Waals surface area contributed by atoms with Crippen LogP contribution in [0.5, 0.6) is 0 Å². The number of rotatable bonds is 5. The van der Waals surface area contributed by atoms with Gasteiger partial charge in [-0.05, 0) is 36.8 Å². The first-order valence-corrected chi connectivity index (χ1v) is 9.67. The van der Waals surface area contributed by atoms with Gasteiger partial charge in [0.25, 0.3) is 11.7 Å². The van der Waals surface area contributed by atoms with Crippen LogP contribution < -0.4 is 4.90 Å². The molecule has 28 heavy (non-hydrogen) atoms. The van der Waals surface area contributed by atoms with Crippen molar-refractivity contribution in [3.8, 4) is 0 Å². The molecule has 0 unspecified atom stereocenters. The first-order chi connectivity index (χ1) is 13.5. The summed E-state index contributed by atoms with van der Waals surface area (Å²) in [6, 6.07) is 12.3. The van der Waals surface area contributed by atoms with Crippen molar-refractivity contribution in [1.29, 1.82) is 0 Å². The van der Waals surface area contributed by atoms with Crippen LogP contribution in [0, 0.1) is 12.7 Å². The molecule has 0 bridgehead atoms.